The molecule has 4 heteroatoms. The second-order valence-corrected chi connectivity index (χ2v) is 7.43. The lowest BCUT2D eigenvalue weighted by atomic mass is 9.93. The molecule has 0 saturated carbocycles. The first-order chi connectivity index (χ1) is 12.8. The standard InChI is InChI=1S/C22H27N3O/c26-22(24-14-6-11-18-10-4-5-13-23-18)19-16-21(17-8-2-1-3-9-17)25-15-7-12-20(19)25/h1-5,8-10,13,19-21H,6-7,11-12,14-16H2,(H,24,26)/t19-,20+,21-/m1/s1. The molecule has 1 aromatic carbocycles. The molecule has 26 heavy (non-hydrogen) atoms. The van der Waals surface area contributed by atoms with E-state index in [9.17, 15) is 4.79 Å². The van der Waals surface area contributed by atoms with Gasteiger partial charge in [-0.25, -0.2) is 0 Å². The Bertz CT molecular complexity index is 719. The van der Waals surface area contributed by atoms with Crippen molar-refractivity contribution in [2.75, 3.05) is 13.1 Å². The zero-order valence-corrected chi connectivity index (χ0v) is 15.2. The predicted octanol–water partition coefficient (Wildman–Crippen LogP) is 3.36. The molecule has 2 saturated heterocycles. The molecular weight excluding hydrogens is 322 g/mol. The summed E-state index contributed by atoms with van der Waals surface area (Å²) in [5, 5.41) is 3.19. The number of amides is 1. The number of pyridine rings is 1. The van der Waals surface area contributed by atoms with E-state index in [0.717, 1.165) is 44.5 Å². The average molecular weight is 349 g/mol. The summed E-state index contributed by atoms with van der Waals surface area (Å²) in [6.45, 7) is 1.85. The largest absolute Gasteiger partial charge is 0.356 e. The van der Waals surface area contributed by atoms with Gasteiger partial charge in [0.25, 0.3) is 0 Å². The highest BCUT2D eigenvalue weighted by Gasteiger charge is 2.46. The first-order valence-electron chi connectivity index (χ1n) is 9.81. The van der Waals surface area contributed by atoms with Crippen molar-refractivity contribution < 1.29 is 4.79 Å². The number of rotatable bonds is 6. The van der Waals surface area contributed by atoms with Crippen molar-refractivity contribution in [2.24, 2.45) is 5.92 Å². The highest BCUT2D eigenvalue weighted by molar-refractivity contribution is 5.80. The molecule has 1 amide bonds. The molecule has 2 fully saturated rings. The zero-order chi connectivity index (χ0) is 17.8. The van der Waals surface area contributed by atoms with Crippen molar-refractivity contribution in [3.8, 4) is 0 Å². The Kier molecular flexibility index (Phi) is 5.30. The Morgan fingerprint density at radius 1 is 1.15 bits per heavy atom. The van der Waals surface area contributed by atoms with Gasteiger partial charge in [0.2, 0.25) is 5.91 Å². The van der Waals surface area contributed by atoms with E-state index in [4.69, 9.17) is 0 Å². The van der Waals surface area contributed by atoms with Crippen LogP contribution in [0.4, 0.5) is 0 Å². The zero-order valence-electron chi connectivity index (χ0n) is 15.2. The predicted molar refractivity (Wildman–Crippen MR) is 103 cm³/mol. The van der Waals surface area contributed by atoms with Gasteiger partial charge >= 0.3 is 0 Å². The fraction of sp³-hybridized carbons (Fsp3) is 0.455. The molecule has 2 aliphatic rings. The molecule has 1 N–H and O–H groups in total. The van der Waals surface area contributed by atoms with Gasteiger partial charge in [-0.05, 0) is 56.3 Å². The van der Waals surface area contributed by atoms with Crippen LogP contribution in [-0.4, -0.2) is 34.9 Å². The van der Waals surface area contributed by atoms with E-state index < -0.39 is 0 Å². The molecule has 0 unspecified atom stereocenters. The highest BCUT2D eigenvalue weighted by Crippen LogP contribution is 2.44. The van der Waals surface area contributed by atoms with Gasteiger partial charge in [0.15, 0.2) is 0 Å². The number of carbonyl (C=O) groups excluding carboxylic acids is 1. The lowest BCUT2D eigenvalue weighted by molar-refractivity contribution is -0.125. The van der Waals surface area contributed by atoms with Crippen LogP contribution in [0, 0.1) is 5.92 Å². The third-order valence-corrected chi connectivity index (χ3v) is 5.84. The number of nitrogens with zero attached hydrogens (tertiary/aromatic N) is 2. The van der Waals surface area contributed by atoms with Crippen LogP contribution in [0.2, 0.25) is 0 Å². The summed E-state index contributed by atoms with van der Waals surface area (Å²) < 4.78 is 0. The molecule has 4 nitrogen and oxygen atoms in total. The first-order valence-corrected chi connectivity index (χ1v) is 9.81. The maximum Gasteiger partial charge on any atom is 0.224 e. The van der Waals surface area contributed by atoms with E-state index >= 15 is 0 Å². The summed E-state index contributed by atoms with van der Waals surface area (Å²) in [6, 6.07) is 17.5. The molecule has 4 rings (SSSR count). The normalized spacial score (nSPS) is 25.2. The average Bonchev–Trinajstić information content (AvgIpc) is 3.29. The van der Waals surface area contributed by atoms with Crippen molar-refractivity contribution in [3.63, 3.8) is 0 Å². The summed E-state index contributed by atoms with van der Waals surface area (Å²) >= 11 is 0. The summed E-state index contributed by atoms with van der Waals surface area (Å²) in [5.41, 5.74) is 2.44. The second-order valence-electron chi connectivity index (χ2n) is 7.43. The number of benzene rings is 1. The molecule has 3 atom stereocenters. The van der Waals surface area contributed by atoms with Gasteiger partial charge < -0.3 is 5.32 Å². The minimum atomic E-state index is 0.123. The van der Waals surface area contributed by atoms with Crippen LogP contribution >= 0.6 is 0 Å². The number of aryl methyl sites for hydroxylation is 1. The quantitative estimate of drug-likeness (QED) is 0.814. The lowest BCUT2D eigenvalue weighted by Crippen LogP contribution is -2.37. The van der Waals surface area contributed by atoms with E-state index in [1.54, 1.807) is 0 Å². The molecule has 0 aliphatic carbocycles. The van der Waals surface area contributed by atoms with Crippen LogP contribution in [0.5, 0.6) is 0 Å². The van der Waals surface area contributed by atoms with Gasteiger partial charge in [-0.1, -0.05) is 36.4 Å². The van der Waals surface area contributed by atoms with Crippen LogP contribution in [0.1, 0.15) is 43.0 Å². The van der Waals surface area contributed by atoms with Gasteiger partial charge in [-0.15, -0.1) is 0 Å². The number of hydrogen-bond donors (Lipinski definition) is 1. The number of fused-ring (bicyclic) bond motifs is 1. The SMILES string of the molecule is O=C(NCCCc1ccccn1)[C@@H]1C[C@H](c2ccccc2)N2CCC[C@@H]12. The van der Waals surface area contributed by atoms with Crippen LogP contribution in [-0.2, 0) is 11.2 Å². The van der Waals surface area contributed by atoms with E-state index in [1.807, 2.05) is 24.4 Å². The Labute approximate surface area is 155 Å². The smallest absolute Gasteiger partial charge is 0.224 e. The maximum absolute atomic E-state index is 12.8. The minimum Gasteiger partial charge on any atom is -0.356 e. The van der Waals surface area contributed by atoms with Crippen molar-refractivity contribution >= 4 is 5.91 Å². The fourth-order valence-corrected chi connectivity index (χ4v) is 4.61. The van der Waals surface area contributed by atoms with Crippen LogP contribution < -0.4 is 5.32 Å². The highest BCUT2D eigenvalue weighted by atomic mass is 16.2. The van der Waals surface area contributed by atoms with Gasteiger partial charge in [-0.3, -0.25) is 14.7 Å². The third kappa shape index (κ3) is 3.65. The molecule has 2 aliphatic heterocycles. The number of aromatic nitrogens is 1. The van der Waals surface area contributed by atoms with E-state index in [0.29, 0.717) is 12.1 Å². The van der Waals surface area contributed by atoms with Crippen molar-refractivity contribution in [1.29, 1.82) is 0 Å². The van der Waals surface area contributed by atoms with Gasteiger partial charge in [-0.2, -0.15) is 0 Å². The van der Waals surface area contributed by atoms with Gasteiger partial charge in [0.05, 0.1) is 5.92 Å². The summed E-state index contributed by atoms with van der Waals surface area (Å²) in [5.74, 6) is 0.360. The first kappa shape index (κ1) is 17.2. The molecule has 0 spiro atoms. The van der Waals surface area contributed by atoms with Gasteiger partial charge in [0.1, 0.15) is 0 Å². The molecule has 3 heterocycles. The van der Waals surface area contributed by atoms with E-state index in [1.165, 1.54) is 12.0 Å². The lowest BCUT2D eigenvalue weighted by Gasteiger charge is -2.24. The molecule has 2 aromatic rings. The van der Waals surface area contributed by atoms with E-state index in [-0.39, 0.29) is 11.8 Å². The monoisotopic (exact) mass is 349 g/mol. The van der Waals surface area contributed by atoms with Crippen LogP contribution in [0.15, 0.2) is 54.7 Å². The van der Waals surface area contributed by atoms with Crippen LogP contribution in [0.25, 0.3) is 0 Å². The molecule has 136 valence electrons. The maximum atomic E-state index is 12.8. The second kappa shape index (κ2) is 8.00. The molecule has 1 aromatic heterocycles. The van der Waals surface area contributed by atoms with E-state index in [2.05, 4.69) is 45.5 Å². The summed E-state index contributed by atoms with van der Waals surface area (Å²) in [7, 11) is 0. The van der Waals surface area contributed by atoms with Gasteiger partial charge in [0, 0.05) is 30.5 Å². The Morgan fingerprint density at radius 3 is 2.81 bits per heavy atom. The van der Waals surface area contributed by atoms with Crippen molar-refractivity contribution in [2.45, 2.75) is 44.2 Å². The Balaban J connectivity index is 1.33. The van der Waals surface area contributed by atoms with Crippen molar-refractivity contribution in [1.82, 2.24) is 15.2 Å². The number of carbonyl (C=O) groups is 1. The Morgan fingerprint density at radius 2 is 2.00 bits per heavy atom. The molecule has 0 bridgehead atoms. The molecular formula is C22H27N3O. The number of nitrogens with one attached hydrogen (secondary N) is 1. The Hall–Kier alpha value is -2.20. The molecule has 0 radical (unpaired) electrons. The summed E-state index contributed by atoms with van der Waals surface area (Å²) in [6.07, 6.45) is 6.97. The van der Waals surface area contributed by atoms with Crippen molar-refractivity contribution in [3.05, 3.63) is 66.0 Å². The third-order valence-electron chi connectivity index (χ3n) is 5.84. The summed E-state index contributed by atoms with van der Waals surface area (Å²) in [4.78, 5) is 19.7. The topological polar surface area (TPSA) is 45.2 Å². The minimum absolute atomic E-state index is 0.123. The fourth-order valence-electron chi connectivity index (χ4n) is 4.61. The number of hydrogen-bond acceptors (Lipinski definition) is 3. The van der Waals surface area contributed by atoms with Crippen LogP contribution in [0.3, 0.4) is 0 Å².